The molecule has 0 saturated carbocycles. The summed E-state index contributed by atoms with van der Waals surface area (Å²) in [4.78, 5) is 28.7. The highest BCUT2D eigenvalue weighted by molar-refractivity contribution is 7.46. The van der Waals surface area contributed by atoms with E-state index in [2.05, 4.69) is 16.8 Å². The minimum Gasteiger partial charge on any atom is -0.387 e. The Morgan fingerprint density at radius 3 is 1.96 bits per heavy atom. The maximum absolute atomic E-state index is 11.2. The van der Waals surface area contributed by atoms with Gasteiger partial charge in [-0.25, -0.2) is 4.57 Å². The largest absolute Gasteiger partial charge is 0.469 e. The van der Waals surface area contributed by atoms with E-state index < -0.39 is 32.5 Å². The number of carbonyl (C=O) groups is 1. The molecule has 0 aliphatic rings. The van der Waals surface area contributed by atoms with E-state index in [0.717, 1.165) is 19.3 Å². The van der Waals surface area contributed by atoms with Crippen LogP contribution in [-0.2, 0) is 13.9 Å². The topological polar surface area (TPSA) is 116 Å². The molecule has 0 aromatic heterocycles. The van der Waals surface area contributed by atoms with E-state index in [-0.39, 0.29) is 0 Å². The Kier molecular flexibility index (Phi) is 16.7. The standard InChI is InChI=1S/C20H40NO6P/c1-3-4-5-6-7-8-9-10-11-12-13-14-15-16-20(23)19(21-18(2)22)17-27-28(24,25)26/h15-16,19-20,23H,3-14,17H2,1-2H3,(H,21,22)(H2,24,25,26)/b16-15+/t19-,20-/m0/s1. The van der Waals surface area contributed by atoms with Gasteiger partial charge in [-0.3, -0.25) is 9.32 Å². The second-order valence-corrected chi connectivity index (χ2v) is 8.58. The highest BCUT2D eigenvalue weighted by Crippen LogP contribution is 2.35. The first-order valence-electron chi connectivity index (χ1n) is 10.6. The molecule has 166 valence electrons. The van der Waals surface area contributed by atoms with Gasteiger partial charge in [0.1, 0.15) is 0 Å². The molecule has 7 nitrogen and oxygen atoms in total. The molecule has 8 heteroatoms. The van der Waals surface area contributed by atoms with Gasteiger partial charge in [-0.2, -0.15) is 0 Å². The van der Waals surface area contributed by atoms with Crippen LogP contribution in [0.2, 0.25) is 0 Å². The molecule has 0 spiro atoms. The number of rotatable bonds is 18. The van der Waals surface area contributed by atoms with Crippen molar-refractivity contribution >= 4 is 13.7 Å². The van der Waals surface area contributed by atoms with Crippen LogP contribution in [0.3, 0.4) is 0 Å². The molecule has 2 atom stereocenters. The van der Waals surface area contributed by atoms with Crippen molar-refractivity contribution in [3.05, 3.63) is 12.2 Å². The van der Waals surface area contributed by atoms with E-state index >= 15 is 0 Å². The summed E-state index contributed by atoms with van der Waals surface area (Å²) in [5, 5.41) is 12.5. The monoisotopic (exact) mass is 421 g/mol. The normalized spacial score (nSPS) is 14.3. The molecule has 0 rings (SSSR count). The van der Waals surface area contributed by atoms with Gasteiger partial charge in [0, 0.05) is 6.92 Å². The molecule has 0 aromatic carbocycles. The van der Waals surface area contributed by atoms with Crippen molar-refractivity contribution in [3.63, 3.8) is 0 Å². The first-order valence-corrected chi connectivity index (χ1v) is 12.1. The summed E-state index contributed by atoms with van der Waals surface area (Å²) in [5.74, 6) is -0.405. The van der Waals surface area contributed by atoms with Crippen molar-refractivity contribution in [3.8, 4) is 0 Å². The summed E-state index contributed by atoms with van der Waals surface area (Å²) in [6, 6.07) is -0.904. The number of aliphatic hydroxyl groups excluding tert-OH is 1. The lowest BCUT2D eigenvalue weighted by molar-refractivity contribution is -0.120. The Balaban J connectivity index is 3.84. The van der Waals surface area contributed by atoms with Crippen LogP contribution in [0.25, 0.3) is 0 Å². The SMILES string of the molecule is CCCCCCCCCCCCC/C=C/[C@H](O)[C@H](COP(=O)(O)O)NC(C)=O. The summed E-state index contributed by atoms with van der Waals surface area (Å²) in [7, 11) is -4.65. The summed E-state index contributed by atoms with van der Waals surface area (Å²) < 4.78 is 15.2. The number of phosphoric acid groups is 1. The lowest BCUT2D eigenvalue weighted by Crippen LogP contribution is -2.44. The van der Waals surface area contributed by atoms with Crippen molar-refractivity contribution in [1.29, 1.82) is 0 Å². The highest BCUT2D eigenvalue weighted by atomic mass is 31.2. The van der Waals surface area contributed by atoms with Crippen molar-refractivity contribution in [2.24, 2.45) is 0 Å². The van der Waals surface area contributed by atoms with Gasteiger partial charge >= 0.3 is 7.82 Å². The Morgan fingerprint density at radius 2 is 1.50 bits per heavy atom. The van der Waals surface area contributed by atoms with Crippen molar-refractivity contribution in [2.75, 3.05) is 6.61 Å². The lowest BCUT2D eigenvalue weighted by Gasteiger charge is -2.21. The summed E-state index contributed by atoms with van der Waals surface area (Å²) in [5.41, 5.74) is 0. The molecular weight excluding hydrogens is 381 g/mol. The van der Waals surface area contributed by atoms with E-state index in [1.165, 1.54) is 64.7 Å². The second-order valence-electron chi connectivity index (χ2n) is 7.34. The molecule has 1 amide bonds. The van der Waals surface area contributed by atoms with Gasteiger partial charge in [-0.1, -0.05) is 83.3 Å². The van der Waals surface area contributed by atoms with Crippen LogP contribution >= 0.6 is 7.82 Å². The first-order chi connectivity index (χ1) is 13.3. The maximum atomic E-state index is 11.2. The molecule has 0 bridgehead atoms. The number of amides is 1. The number of allylic oxidation sites excluding steroid dienone is 1. The smallest absolute Gasteiger partial charge is 0.387 e. The third-order valence-corrected chi connectivity index (χ3v) is 5.02. The Labute approximate surface area is 170 Å². The van der Waals surface area contributed by atoms with Crippen LogP contribution in [0.1, 0.15) is 90.9 Å². The van der Waals surface area contributed by atoms with Crippen LogP contribution < -0.4 is 5.32 Å². The van der Waals surface area contributed by atoms with Crippen molar-refractivity contribution < 1.29 is 28.8 Å². The molecular formula is C20H40NO6P. The van der Waals surface area contributed by atoms with Gasteiger partial charge in [0.05, 0.1) is 18.8 Å². The highest BCUT2D eigenvalue weighted by Gasteiger charge is 2.23. The van der Waals surface area contributed by atoms with Crippen molar-refractivity contribution in [2.45, 2.75) is 103 Å². The molecule has 0 aromatic rings. The molecule has 0 heterocycles. The van der Waals surface area contributed by atoms with Gasteiger partial charge < -0.3 is 20.2 Å². The third kappa shape index (κ3) is 18.6. The lowest BCUT2D eigenvalue weighted by atomic mass is 10.0. The zero-order chi connectivity index (χ0) is 21.3. The van der Waals surface area contributed by atoms with Crippen LogP contribution in [0.4, 0.5) is 0 Å². The number of aliphatic hydroxyl groups is 1. The molecule has 0 aliphatic heterocycles. The van der Waals surface area contributed by atoms with Gasteiger partial charge in [0.25, 0.3) is 0 Å². The Bertz CT molecular complexity index is 466. The van der Waals surface area contributed by atoms with Crippen molar-refractivity contribution in [1.82, 2.24) is 5.32 Å². The number of carbonyl (C=O) groups excluding carboxylic acids is 1. The van der Waals surface area contributed by atoms with Gasteiger partial charge in [-0.05, 0) is 12.8 Å². The predicted octanol–water partition coefficient (Wildman–Crippen LogP) is 4.22. The van der Waals surface area contributed by atoms with Crippen LogP contribution in [0.5, 0.6) is 0 Å². The van der Waals surface area contributed by atoms with Gasteiger partial charge in [-0.15, -0.1) is 0 Å². The van der Waals surface area contributed by atoms with E-state index in [0.29, 0.717) is 0 Å². The number of hydrogen-bond acceptors (Lipinski definition) is 4. The average Bonchev–Trinajstić information content (AvgIpc) is 2.61. The fourth-order valence-electron chi connectivity index (χ4n) is 2.96. The van der Waals surface area contributed by atoms with E-state index in [1.807, 2.05) is 6.08 Å². The number of unbranched alkanes of at least 4 members (excludes halogenated alkanes) is 11. The van der Waals surface area contributed by atoms with E-state index in [1.54, 1.807) is 6.08 Å². The van der Waals surface area contributed by atoms with Gasteiger partial charge in [0.15, 0.2) is 0 Å². The molecule has 0 aliphatic carbocycles. The number of nitrogens with one attached hydrogen (secondary N) is 1. The predicted molar refractivity (Wildman–Crippen MR) is 112 cm³/mol. The minimum absolute atomic E-state index is 0.405. The number of phosphoric ester groups is 1. The molecule has 0 radical (unpaired) electrons. The third-order valence-electron chi connectivity index (χ3n) is 4.53. The zero-order valence-corrected chi connectivity index (χ0v) is 18.4. The maximum Gasteiger partial charge on any atom is 0.469 e. The molecule has 0 saturated heterocycles. The van der Waals surface area contributed by atoms with E-state index in [4.69, 9.17) is 9.79 Å². The van der Waals surface area contributed by atoms with Gasteiger partial charge in [0.2, 0.25) is 5.91 Å². The number of hydrogen-bond donors (Lipinski definition) is 4. The first kappa shape index (κ1) is 27.3. The fourth-order valence-corrected chi connectivity index (χ4v) is 3.32. The van der Waals surface area contributed by atoms with Crippen LogP contribution in [-0.4, -0.2) is 39.6 Å². The molecule has 4 N–H and O–H groups in total. The Hall–Kier alpha value is -0.720. The van der Waals surface area contributed by atoms with Crippen LogP contribution in [0, 0.1) is 0 Å². The zero-order valence-electron chi connectivity index (χ0n) is 17.5. The molecule has 28 heavy (non-hydrogen) atoms. The van der Waals surface area contributed by atoms with E-state index in [9.17, 15) is 14.5 Å². The second kappa shape index (κ2) is 17.2. The minimum atomic E-state index is -4.65. The molecule has 0 fully saturated rings. The Morgan fingerprint density at radius 1 is 1.00 bits per heavy atom. The van der Waals surface area contributed by atoms with Crippen LogP contribution in [0.15, 0.2) is 12.2 Å². The fraction of sp³-hybridized carbons (Fsp3) is 0.850. The summed E-state index contributed by atoms with van der Waals surface area (Å²) in [6.07, 6.45) is 17.1. The average molecular weight is 422 g/mol. The summed E-state index contributed by atoms with van der Waals surface area (Å²) >= 11 is 0. The molecule has 0 unspecified atom stereocenters. The summed E-state index contributed by atoms with van der Waals surface area (Å²) in [6.45, 7) is 3.04. The quantitative estimate of drug-likeness (QED) is 0.150.